The molecule has 1 fully saturated rings. The number of piperidine rings is 1. The van der Waals surface area contributed by atoms with Gasteiger partial charge in [-0.15, -0.1) is 0 Å². The standard InChI is InChI=1S/C9H16N2O3/c1-14-8(12)6-7-4-2-3-5-11(7)9(10)13/h7H,2-6H2,1H3,(H2,10,13). The summed E-state index contributed by atoms with van der Waals surface area (Å²) in [6, 6.07) is -0.521. The Morgan fingerprint density at radius 2 is 2.21 bits per heavy atom. The Bertz CT molecular complexity index is 230. The molecule has 0 radical (unpaired) electrons. The number of carbonyl (C=O) groups is 2. The number of likely N-dealkylation sites (tertiary alicyclic amines) is 1. The highest BCUT2D eigenvalue weighted by atomic mass is 16.5. The fraction of sp³-hybridized carbons (Fsp3) is 0.778. The Kier molecular flexibility index (Phi) is 3.73. The summed E-state index contributed by atoms with van der Waals surface area (Å²) in [5.41, 5.74) is 5.21. The molecular weight excluding hydrogens is 184 g/mol. The quantitative estimate of drug-likeness (QED) is 0.659. The molecule has 1 unspecified atom stereocenters. The molecule has 2 N–H and O–H groups in total. The molecule has 1 aliphatic rings. The minimum Gasteiger partial charge on any atom is -0.469 e. The van der Waals surface area contributed by atoms with Crippen LogP contribution in [0.25, 0.3) is 0 Å². The Balaban J connectivity index is 2.54. The Morgan fingerprint density at radius 3 is 2.79 bits per heavy atom. The Morgan fingerprint density at radius 1 is 1.50 bits per heavy atom. The summed E-state index contributed by atoms with van der Waals surface area (Å²) in [7, 11) is 1.35. The first-order chi connectivity index (χ1) is 6.65. The highest BCUT2D eigenvalue weighted by Crippen LogP contribution is 2.19. The number of esters is 1. The van der Waals surface area contributed by atoms with E-state index >= 15 is 0 Å². The van der Waals surface area contributed by atoms with E-state index in [1.807, 2.05) is 0 Å². The van der Waals surface area contributed by atoms with Crippen LogP contribution in [0.15, 0.2) is 0 Å². The molecular formula is C9H16N2O3. The van der Waals surface area contributed by atoms with E-state index in [4.69, 9.17) is 5.73 Å². The van der Waals surface area contributed by atoms with Crippen molar-refractivity contribution < 1.29 is 14.3 Å². The van der Waals surface area contributed by atoms with Crippen molar-refractivity contribution in [2.45, 2.75) is 31.7 Å². The van der Waals surface area contributed by atoms with Gasteiger partial charge in [0.2, 0.25) is 0 Å². The zero-order chi connectivity index (χ0) is 10.6. The second-order valence-electron chi connectivity index (χ2n) is 3.46. The minimum atomic E-state index is -0.446. The van der Waals surface area contributed by atoms with Crippen LogP contribution in [0.4, 0.5) is 4.79 Å². The van der Waals surface area contributed by atoms with Gasteiger partial charge >= 0.3 is 12.0 Å². The normalized spacial score (nSPS) is 21.8. The third-order valence-electron chi connectivity index (χ3n) is 2.54. The molecule has 1 saturated heterocycles. The van der Waals surface area contributed by atoms with Gasteiger partial charge in [0.05, 0.1) is 13.5 Å². The SMILES string of the molecule is COC(=O)CC1CCCCN1C(N)=O. The third kappa shape index (κ3) is 2.61. The van der Waals surface area contributed by atoms with Gasteiger partial charge in [-0.1, -0.05) is 0 Å². The van der Waals surface area contributed by atoms with Gasteiger partial charge in [-0.05, 0) is 19.3 Å². The molecule has 0 saturated carbocycles. The van der Waals surface area contributed by atoms with Crippen molar-refractivity contribution in [2.75, 3.05) is 13.7 Å². The van der Waals surface area contributed by atoms with Crippen molar-refractivity contribution in [2.24, 2.45) is 5.73 Å². The summed E-state index contributed by atoms with van der Waals surface area (Å²) in [6.45, 7) is 0.650. The largest absolute Gasteiger partial charge is 0.469 e. The van der Waals surface area contributed by atoms with E-state index in [9.17, 15) is 9.59 Å². The average Bonchev–Trinajstić information content (AvgIpc) is 2.18. The highest BCUT2D eigenvalue weighted by Gasteiger charge is 2.27. The van der Waals surface area contributed by atoms with Crippen LogP contribution < -0.4 is 5.73 Å². The molecule has 1 heterocycles. The molecule has 0 aliphatic carbocycles. The number of nitrogens with two attached hydrogens (primary N) is 1. The predicted octanol–water partition coefficient (Wildman–Crippen LogP) is 0.483. The number of urea groups is 1. The Hall–Kier alpha value is -1.26. The third-order valence-corrected chi connectivity index (χ3v) is 2.54. The maximum absolute atomic E-state index is 11.0. The second-order valence-corrected chi connectivity index (χ2v) is 3.46. The topological polar surface area (TPSA) is 72.6 Å². The van der Waals surface area contributed by atoms with Crippen LogP contribution in [-0.2, 0) is 9.53 Å². The number of nitrogens with zero attached hydrogens (tertiary/aromatic N) is 1. The Labute approximate surface area is 83.2 Å². The lowest BCUT2D eigenvalue weighted by atomic mass is 10.00. The van der Waals surface area contributed by atoms with Crippen LogP contribution in [0.5, 0.6) is 0 Å². The van der Waals surface area contributed by atoms with Gasteiger partial charge in [-0.2, -0.15) is 0 Å². The highest BCUT2D eigenvalue weighted by molar-refractivity contribution is 5.75. The van der Waals surface area contributed by atoms with Crippen molar-refractivity contribution in [3.8, 4) is 0 Å². The molecule has 1 atom stereocenters. The molecule has 14 heavy (non-hydrogen) atoms. The molecule has 1 rings (SSSR count). The molecule has 0 bridgehead atoms. The van der Waals surface area contributed by atoms with Crippen molar-refractivity contribution >= 4 is 12.0 Å². The molecule has 80 valence electrons. The summed E-state index contributed by atoms with van der Waals surface area (Å²) in [5, 5.41) is 0. The maximum atomic E-state index is 11.0. The van der Waals surface area contributed by atoms with Crippen molar-refractivity contribution in [1.29, 1.82) is 0 Å². The number of hydrogen-bond acceptors (Lipinski definition) is 3. The number of rotatable bonds is 2. The van der Waals surface area contributed by atoms with Crippen LogP contribution >= 0.6 is 0 Å². The van der Waals surface area contributed by atoms with E-state index in [1.165, 1.54) is 7.11 Å². The predicted molar refractivity (Wildman–Crippen MR) is 50.6 cm³/mol. The van der Waals surface area contributed by atoms with E-state index in [0.29, 0.717) is 6.54 Å². The molecule has 0 spiro atoms. The zero-order valence-electron chi connectivity index (χ0n) is 8.36. The average molecular weight is 200 g/mol. The summed E-state index contributed by atoms with van der Waals surface area (Å²) in [5.74, 6) is -0.289. The summed E-state index contributed by atoms with van der Waals surface area (Å²) < 4.78 is 4.56. The van der Waals surface area contributed by atoms with Gasteiger partial charge in [0.25, 0.3) is 0 Å². The van der Waals surface area contributed by atoms with Gasteiger partial charge in [0.1, 0.15) is 0 Å². The monoisotopic (exact) mass is 200 g/mol. The van der Waals surface area contributed by atoms with E-state index in [2.05, 4.69) is 4.74 Å². The fourth-order valence-corrected chi connectivity index (χ4v) is 1.78. The summed E-state index contributed by atoms with van der Waals surface area (Å²) >= 11 is 0. The molecule has 5 heteroatoms. The van der Waals surface area contributed by atoms with E-state index in [-0.39, 0.29) is 18.4 Å². The van der Waals surface area contributed by atoms with Crippen LogP contribution in [0.2, 0.25) is 0 Å². The van der Waals surface area contributed by atoms with Gasteiger partial charge in [-0.25, -0.2) is 4.79 Å². The zero-order valence-corrected chi connectivity index (χ0v) is 8.36. The van der Waals surface area contributed by atoms with Crippen molar-refractivity contribution in [3.63, 3.8) is 0 Å². The summed E-state index contributed by atoms with van der Waals surface area (Å²) in [6.07, 6.45) is 3.07. The lowest BCUT2D eigenvalue weighted by Gasteiger charge is -2.33. The number of hydrogen-bond donors (Lipinski definition) is 1. The first kappa shape index (κ1) is 10.8. The van der Waals surface area contributed by atoms with Crippen LogP contribution in [0.3, 0.4) is 0 Å². The fourth-order valence-electron chi connectivity index (χ4n) is 1.78. The molecule has 0 aromatic heterocycles. The van der Waals surface area contributed by atoms with Crippen LogP contribution in [-0.4, -0.2) is 36.6 Å². The lowest BCUT2D eigenvalue weighted by Crippen LogP contribution is -2.47. The number of ether oxygens (including phenoxy) is 1. The summed E-state index contributed by atoms with van der Waals surface area (Å²) in [4.78, 5) is 23.6. The molecule has 1 aliphatic heterocycles. The smallest absolute Gasteiger partial charge is 0.315 e. The molecule has 2 amide bonds. The molecule has 0 aromatic rings. The number of amides is 2. The number of methoxy groups -OCH3 is 1. The van der Waals surface area contributed by atoms with Gasteiger partial charge in [-0.3, -0.25) is 4.79 Å². The first-order valence-electron chi connectivity index (χ1n) is 4.78. The first-order valence-corrected chi connectivity index (χ1v) is 4.78. The van der Waals surface area contributed by atoms with Crippen molar-refractivity contribution in [3.05, 3.63) is 0 Å². The van der Waals surface area contributed by atoms with Crippen LogP contribution in [0, 0.1) is 0 Å². The van der Waals surface area contributed by atoms with Gasteiger partial charge < -0.3 is 15.4 Å². The number of carbonyl (C=O) groups excluding carboxylic acids is 2. The lowest BCUT2D eigenvalue weighted by molar-refractivity contribution is -0.142. The minimum absolute atomic E-state index is 0.0753. The van der Waals surface area contributed by atoms with Crippen LogP contribution in [0.1, 0.15) is 25.7 Å². The maximum Gasteiger partial charge on any atom is 0.315 e. The van der Waals surface area contributed by atoms with Crippen molar-refractivity contribution in [1.82, 2.24) is 4.90 Å². The van der Waals surface area contributed by atoms with E-state index in [1.54, 1.807) is 4.90 Å². The second kappa shape index (κ2) is 4.83. The van der Waals surface area contributed by atoms with Gasteiger partial charge in [0.15, 0.2) is 0 Å². The van der Waals surface area contributed by atoms with E-state index in [0.717, 1.165) is 19.3 Å². The number of primary amides is 1. The molecule has 5 nitrogen and oxygen atoms in total. The van der Waals surface area contributed by atoms with E-state index < -0.39 is 6.03 Å². The van der Waals surface area contributed by atoms with Gasteiger partial charge in [0, 0.05) is 12.6 Å². The molecule has 0 aromatic carbocycles.